The van der Waals surface area contributed by atoms with Crippen molar-refractivity contribution in [2.75, 3.05) is 17.7 Å². The molecule has 0 fully saturated rings. The van der Waals surface area contributed by atoms with E-state index in [1.165, 1.54) is 18.2 Å². The summed E-state index contributed by atoms with van der Waals surface area (Å²) in [4.78, 5) is 26.1. The summed E-state index contributed by atoms with van der Waals surface area (Å²) in [5.74, 6) is -2.14. The van der Waals surface area contributed by atoms with E-state index in [1.54, 1.807) is 0 Å². The molecule has 0 saturated carbocycles. The van der Waals surface area contributed by atoms with E-state index in [0.717, 1.165) is 6.07 Å². The van der Waals surface area contributed by atoms with Gasteiger partial charge in [-0.05, 0) is 29.8 Å². The molecule has 0 atom stereocenters. The number of pyridine rings is 1. The van der Waals surface area contributed by atoms with Gasteiger partial charge in [0.2, 0.25) is 0 Å². The minimum atomic E-state index is -0.959. The van der Waals surface area contributed by atoms with Gasteiger partial charge in [-0.3, -0.25) is 4.79 Å². The SMILES string of the molecule is Nc1c(Cl)c(Cl)[nH+]c(C(=O)OCC(=O)Nc2cccc(F)c2)c1Cl. The second kappa shape index (κ2) is 7.65. The number of halogens is 4. The summed E-state index contributed by atoms with van der Waals surface area (Å²) in [6.07, 6.45) is 0. The third kappa shape index (κ3) is 4.25. The lowest BCUT2D eigenvalue weighted by Crippen LogP contribution is -2.26. The van der Waals surface area contributed by atoms with Gasteiger partial charge in [-0.25, -0.2) is 9.18 Å². The molecule has 1 heterocycles. The van der Waals surface area contributed by atoms with Crippen molar-refractivity contribution in [2.45, 2.75) is 0 Å². The van der Waals surface area contributed by atoms with Crippen LogP contribution in [-0.2, 0) is 9.53 Å². The fourth-order valence-electron chi connectivity index (χ4n) is 1.68. The number of hydrogen-bond acceptors (Lipinski definition) is 4. The highest BCUT2D eigenvalue weighted by molar-refractivity contribution is 6.45. The van der Waals surface area contributed by atoms with Crippen LogP contribution in [0.4, 0.5) is 15.8 Å². The molecule has 10 heteroatoms. The Labute approximate surface area is 150 Å². The van der Waals surface area contributed by atoms with E-state index in [4.69, 9.17) is 45.3 Å². The van der Waals surface area contributed by atoms with Crippen molar-refractivity contribution in [2.24, 2.45) is 0 Å². The summed E-state index contributed by atoms with van der Waals surface area (Å²) in [6.45, 7) is -0.625. The summed E-state index contributed by atoms with van der Waals surface area (Å²) >= 11 is 17.4. The molecule has 1 aromatic heterocycles. The van der Waals surface area contributed by atoms with Crippen molar-refractivity contribution >= 4 is 58.1 Å². The van der Waals surface area contributed by atoms with Crippen molar-refractivity contribution < 1.29 is 23.7 Å². The van der Waals surface area contributed by atoms with Gasteiger partial charge in [0.05, 0.1) is 5.69 Å². The Bertz CT molecular complexity index is 817. The Morgan fingerprint density at radius 2 is 1.96 bits per heavy atom. The average Bonchev–Trinajstić information content (AvgIpc) is 2.54. The molecule has 0 aliphatic rings. The van der Waals surface area contributed by atoms with Crippen LogP contribution < -0.4 is 16.0 Å². The summed E-state index contributed by atoms with van der Waals surface area (Å²) in [5.41, 5.74) is 5.48. The van der Waals surface area contributed by atoms with Gasteiger partial charge >= 0.3 is 11.7 Å². The molecular formula is C14H10Cl3FN3O3+. The molecule has 2 aromatic rings. The van der Waals surface area contributed by atoms with E-state index in [2.05, 4.69) is 10.3 Å². The van der Waals surface area contributed by atoms with E-state index in [1.807, 2.05) is 0 Å². The van der Waals surface area contributed by atoms with Crippen molar-refractivity contribution in [3.05, 3.63) is 51.0 Å². The molecule has 0 spiro atoms. The zero-order valence-electron chi connectivity index (χ0n) is 11.8. The number of hydrogen-bond donors (Lipinski definition) is 2. The average molecular weight is 394 g/mol. The van der Waals surface area contributed by atoms with Crippen LogP contribution in [0.1, 0.15) is 10.5 Å². The van der Waals surface area contributed by atoms with E-state index in [9.17, 15) is 14.0 Å². The molecule has 0 radical (unpaired) electrons. The maximum Gasteiger partial charge on any atom is 0.405 e. The normalized spacial score (nSPS) is 10.3. The van der Waals surface area contributed by atoms with Crippen molar-refractivity contribution in [1.29, 1.82) is 0 Å². The van der Waals surface area contributed by atoms with Gasteiger partial charge < -0.3 is 15.8 Å². The summed E-state index contributed by atoms with van der Waals surface area (Å²) in [6, 6.07) is 5.24. The topological polar surface area (TPSA) is 95.6 Å². The van der Waals surface area contributed by atoms with Crippen LogP contribution >= 0.6 is 34.8 Å². The van der Waals surface area contributed by atoms with Crippen molar-refractivity contribution in [1.82, 2.24) is 0 Å². The molecule has 0 unspecified atom stereocenters. The molecule has 24 heavy (non-hydrogen) atoms. The number of nitrogens with two attached hydrogens (primary N) is 1. The summed E-state index contributed by atoms with van der Waals surface area (Å²) in [5, 5.41) is 2.04. The van der Waals surface area contributed by atoms with Gasteiger partial charge in [0.15, 0.2) is 6.61 Å². The number of anilines is 2. The molecule has 2 rings (SSSR count). The second-order valence-electron chi connectivity index (χ2n) is 4.49. The standard InChI is InChI=1S/C14H9Cl3FN3O3/c15-9-11(19)10(16)13(17)21-12(9)14(23)24-5-8(22)20-7-3-1-2-6(18)4-7/h1-4H,5H2,(H2,19,21)(H,20,22)/p+1. The molecular weight excluding hydrogens is 384 g/mol. The molecule has 1 amide bonds. The predicted molar refractivity (Wildman–Crippen MR) is 87.8 cm³/mol. The lowest BCUT2D eigenvalue weighted by atomic mass is 10.3. The minimum Gasteiger partial charge on any atom is -0.448 e. The highest BCUT2D eigenvalue weighted by atomic mass is 35.5. The first kappa shape index (κ1) is 18.3. The number of carbonyl (C=O) groups is 2. The Balaban J connectivity index is 2.02. The fraction of sp³-hybridized carbons (Fsp3) is 0.0714. The van der Waals surface area contributed by atoms with Crippen molar-refractivity contribution in [3.8, 4) is 0 Å². The summed E-state index contributed by atoms with van der Waals surface area (Å²) < 4.78 is 17.8. The number of nitrogen functional groups attached to an aromatic ring is 1. The van der Waals surface area contributed by atoms with Gasteiger partial charge in [0.25, 0.3) is 11.1 Å². The Hall–Kier alpha value is -2.09. The van der Waals surface area contributed by atoms with Gasteiger partial charge in [-0.1, -0.05) is 29.3 Å². The first-order valence-electron chi connectivity index (χ1n) is 6.37. The van der Waals surface area contributed by atoms with Crippen LogP contribution in [0.3, 0.4) is 0 Å². The van der Waals surface area contributed by atoms with Gasteiger partial charge in [0, 0.05) is 5.69 Å². The molecule has 6 nitrogen and oxygen atoms in total. The lowest BCUT2D eigenvalue weighted by molar-refractivity contribution is -0.380. The van der Waals surface area contributed by atoms with Crippen LogP contribution in [0.25, 0.3) is 0 Å². The maximum absolute atomic E-state index is 13.0. The number of benzene rings is 1. The molecule has 0 aliphatic carbocycles. The molecule has 0 aliphatic heterocycles. The molecule has 0 saturated heterocycles. The van der Waals surface area contributed by atoms with Crippen LogP contribution in [0.2, 0.25) is 15.2 Å². The summed E-state index contributed by atoms with van der Waals surface area (Å²) in [7, 11) is 0. The molecule has 4 N–H and O–H groups in total. The number of nitrogens with one attached hydrogen (secondary N) is 2. The van der Waals surface area contributed by atoms with Gasteiger partial charge in [-0.15, -0.1) is 0 Å². The number of esters is 1. The number of carbonyl (C=O) groups excluding carboxylic acids is 2. The van der Waals surface area contributed by atoms with Crippen LogP contribution in [0, 0.1) is 5.82 Å². The number of aromatic amines is 1. The largest absolute Gasteiger partial charge is 0.448 e. The zero-order chi connectivity index (χ0) is 17.9. The smallest absolute Gasteiger partial charge is 0.405 e. The van der Waals surface area contributed by atoms with E-state index in [0.29, 0.717) is 0 Å². The molecule has 126 valence electrons. The Morgan fingerprint density at radius 1 is 1.25 bits per heavy atom. The van der Waals surface area contributed by atoms with E-state index in [-0.39, 0.29) is 32.3 Å². The van der Waals surface area contributed by atoms with Crippen LogP contribution in [0.5, 0.6) is 0 Å². The van der Waals surface area contributed by atoms with Crippen LogP contribution in [-0.4, -0.2) is 18.5 Å². The van der Waals surface area contributed by atoms with E-state index >= 15 is 0 Å². The number of aromatic nitrogens is 1. The Kier molecular flexibility index (Phi) is 5.82. The minimum absolute atomic E-state index is 0.0398. The highest BCUT2D eigenvalue weighted by Crippen LogP contribution is 2.32. The number of H-pyrrole nitrogens is 1. The second-order valence-corrected chi connectivity index (χ2v) is 5.62. The monoisotopic (exact) mass is 392 g/mol. The lowest BCUT2D eigenvalue weighted by Gasteiger charge is -2.06. The Morgan fingerprint density at radius 3 is 2.62 bits per heavy atom. The fourth-order valence-corrected chi connectivity index (χ4v) is 2.28. The van der Waals surface area contributed by atoms with Gasteiger partial charge in [0.1, 0.15) is 15.9 Å². The molecule has 1 aromatic carbocycles. The zero-order valence-corrected chi connectivity index (χ0v) is 14.1. The quantitative estimate of drug-likeness (QED) is 0.616. The van der Waals surface area contributed by atoms with E-state index < -0.39 is 24.3 Å². The van der Waals surface area contributed by atoms with Crippen molar-refractivity contribution in [3.63, 3.8) is 0 Å². The number of amides is 1. The predicted octanol–water partition coefficient (Wildman–Crippen LogP) is 2.98. The number of ether oxygens (including phenoxy) is 1. The first-order chi connectivity index (χ1) is 11.3. The van der Waals surface area contributed by atoms with Gasteiger partial charge in [-0.2, -0.15) is 4.98 Å². The third-order valence-electron chi connectivity index (χ3n) is 2.77. The molecule has 0 bridgehead atoms. The third-order valence-corrected chi connectivity index (χ3v) is 3.93. The number of rotatable bonds is 4. The highest BCUT2D eigenvalue weighted by Gasteiger charge is 2.27. The maximum atomic E-state index is 13.0. The first-order valence-corrected chi connectivity index (χ1v) is 7.50. The van der Waals surface area contributed by atoms with Crippen LogP contribution in [0.15, 0.2) is 24.3 Å².